The first kappa shape index (κ1) is 15.5. The van der Waals surface area contributed by atoms with E-state index in [1.807, 2.05) is 0 Å². The Hall–Kier alpha value is -0.870. The monoisotopic (exact) mass is 278 g/mol. The van der Waals surface area contributed by atoms with E-state index in [-0.39, 0.29) is 0 Å². The van der Waals surface area contributed by atoms with E-state index in [1.165, 1.54) is 32.1 Å². The first-order valence-electron chi connectivity index (χ1n) is 8.23. The lowest BCUT2D eigenvalue weighted by Gasteiger charge is -2.17. The molecule has 1 aliphatic carbocycles. The molecule has 0 saturated heterocycles. The maximum Gasteiger partial charge on any atom is 0.0640 e. The molecule has 2 unspecified atom stereocenters. The molecule has 114 valence electrons. The van der Waals surface area contributed by atoms with Crippen LogP contribution in [-0.2, 0) is 6.42 Å². The minimum atomic E-state index is 0.357. The van der Waals surface area contributed by atoms with Crippen molar-refractivity contribution >= 4 is 0 Å². The zero-order valence-electron chi connectivity index (χ0n) is 13.0. The van der Waals surface area contributed by atoms with Crippen molar-refractivity contribution in [2.45, 2.75) is 77.3 Å². The van der Waals surface area contributed by atoms with E-state index in [2.05, 4.69) is 41.3 Å². The average Bonchev–Trinajstić information content (AvgIpc) is 3.13. The Bertz CT molecular complexity index is 382. The maximum atomic E-state index is 5.71. The molecular formula is C16H30N4. The minimum Gasteiger partial charge on any atom is -0.271 e. The molecule has 2 atom stereocenters. The molecule has 0 amide bonds. The van der Waals surface area contributed by atoms with Crippen molar-refractivity contribution in [3.8, 4) is 0 Å². The van der Waals surface area contributed by atoms with Gasteiger partial charge in [-0.1, -0.05) is 32.6 Å². The van der Waals surface area contributed by atoms with Crippen LogP contribution in [-0.4, -0.2) is 15.8 Å². The summed E-state index contributed by atoms with van der Waals surface area (Å²) < 4.78 is 2.07. The zero-order chi connectivity index (χ0) is 14.4. The number of hydrazine groups is 1. The third kappa shape index (κ3) is 4.32. The average molecular weight is 278 g/mol. The quantitative estimate of drug-likeness (QED) is 0.567. The minimum absolute atomic E-state index is 0.357. The van der Waals surface area contributed by atoms with Gasteiger partial charge in [0.15, 0.2) is 0 Å². The summed E-state index contributed by atoms with van der Waals surface area (Å²) in [5.74, 6) is 6.65. The smallest absolute Gasteiger partial charge is 0.0640 e. The van der Waals surface area contributed by atoms with Crippen LogP contribution in [0.4, 0.5) is 0 Å². The van der Waals surface area contributed by atoms with Crippen LogP contribution in [0.5, 0.6) is 0 Å². The van der Waals surface area contributed by atoms with Crippen molar-refractivity contribution in [3.63, 3.8) is 0 Å². The van der Waals surface area contributed by atoms with Gasteiger partial charge in [-0.2, -0.15) is 5.10 Å². The Kier molecular flexibility index (Phi) is 6.05. The highest BCUT2D eigenvalue weighted by atomic mass is 15.3. The zero-order valence-corrected chi connectivity index (χ0v) is 13.0. The van der Waals surface area contributed by atoms with Crippen molar-refractivity contribution in [2.75, 3.05) is 0 Å². The molecule has 1 saturated carbocycles. The summed E-state index contributed by atoms with van der Waals surface area (Å²) >= 11 is 0. The molecule has 0 spiro atoms. The molecule has 0 bridgehead atoms. The van der Waals surface area contributed by atoms with Gasteiger partial charge in [0.25, 0.3) is 0 Å². The lowest BCUT2D eigenvalue weighted by atomic mass is 9.97. The summed E-state index contributed by atoms with van der Waals surface area (Å²) in [6, 6.07) is 2.97. The topological polar surface area (TPSA) is 55.9 Å². The molecule has 2 rings (SSSR count). The molecule has 1 aliphatic rings. The van der Waals surface area contributed by atoms with Gasteiger partial charge in [-0.25, -0.2) is 0 Å². The molecule has 4 nitrogen and oxygen atoms in total. The highest BCUT2D eigenvalue weighted by Crippen LogP contribution is 2.29. The number of nitrogens with two attached hydrogens (primary N) is 1. The van der Waals surface area contributed by atoms with Crippen LogP contribution in [0.2, 0.25) is 0 Å². The fraction of sp³-hybridized carbons (Fsp3) is 0.812. The van der Waals surface area contributed by atoms with Gasteiger partial charge in [0.2, 0.25) is 0 Å². The summed E-state index contributed by atoms with van der Waals surface area (Å²) in [5, 5.41) is 4.67. The van der Waals surface area contributed by atoms with Crippen LogP contribution < -0.4 is 11.3 Å². The number of hydrogen-bond acceptors (Lipinski definition) is 3. The fourth-order valence-corrected chi connectivity index (χ4v) is 3.15. The summed E-state index contributed by atoms with van der Waals surface area (Å²) in [4.78, 5) is 0. The Morgan fingerprint density at radius 1 is 1.45 bits per heavy atom. The molecule has 0 aromatic carbocycles. The number of hydrogen-bond donors (Lipinski definition) is 2. The van der Waals surface area contributed by atoms with E-state index in [0.29, 0.717) is 12.1 Å². The number of rotatable bonds is 8. The SMILES string of the molecule is CCC(C)n1ccc(CC(CCC2CCCC2)NN)n1. The van der Waals surface area contributed by atoms with Crippen molar-refractivity contribution in [1.82, 2.24) is 15.2 Å². The number of nitrogens with one attached hydrogen (secondary N) is 1. The number of aromatic nitrogens is 2. The molecule has 1 fully saturated rings. The Balaban J connectivity index is 1.80. The van der Waals surface area contributed by atoms with E-state index >= 15 is 0 Å². The van der Waals surface area contributed by atoms with Gasteiger partial charge < -0.3 is 0 Å². The lowest BCUT2D eigenvalue weighted by Crippen LogP contribution is -2.37. The molecule has 1 aromatic rings. The van der Waals surface area contributed by atoms with Crippen LogP contribution in [0, 0.1) is 5.92 Å². The van der Waals surface area contributed by atoms with Gasteiger partial charge in [-0.05, 0) is 38.2 Å². The van der Waals surface area contributed by atoms with Crippen LogP contribution in [0.25, 0.3) is 0 Å². The molecule has 0 aliphatic heterocycles. The second-order valence-corrected chi connectivity index (χ2v) is 6.34. The standard InChI is InChI=1S/C16H30N4/c1-3-13(2)20-11-10-16(19-20)12-15(18-17)9-8-14-6-4-5-7-14/h10-11,13-15,18H,3-9,12,17H2,1-2H3. The van der Waals surface area contributed by atoms with Crippen molar-refractivity contribution in [2.24, 2.45) is 11.8 Å². The highest BCUT2D eigenvalue weighted by Gasteiger charge is 2.18. The molecule has 3 N–H and O–H groups in total. The summed E-state index contributed by atoms with van der Waals surface area (Å²) in [5.41, 5.74) is 4.13. The van der Waals surface area contributed by atoms with Crippen molar-refractivity contribution < 1.29 is 0 Å². The number of nitrogens with zero attached hydrogens (tertiary/aromatic N) is 2. The Morgan fingerprint density at radius 3 is 2.85 bits per heavy atom. The first-order chi connectivity index (χ1) is 9.72. The molecule has 20 heavy (non-hydrogen) atoms. The van der Waals surface area contributed by atoms with Gasteiger partial charge in [-0.3, -0.25) is 16.0 Å². The van der Waals surface area contributed by atoms with Gasteiger partial charge in [0.1, 0.15) is 0 Å². The van der Waals surface area contributed by atoms with Crippen molar-refractivity contribution in [3.05, 3.63) is 18.0 Å². The normalized spacial score (nSPS) is 19.4. The molecule has 0 radical (unpaired) electrons. The van der Waals surface area contributed by atoms with Crippen LogP contribution in [0.15, 0.2) is 12.3 Å². The third-order valence-corrected chi connectivity index (χ3v) is 4.80. The van der Waals surface area contributed by atoms with Crippen LogP contribution in [0.3, 0.4) is 0 Å². The maximum absolute atomic E-state index is 5.71. The van der Waals surface area contributed by atoms with Gasteiger partial charge in [0, 0.05) is 24.7 Å². The second-order valence-electron chi connectivity index (χ2n) is 6.34. The van der Waals surface area contributed by atoms with Crippen LogP contribution >= 0.6 is 0 Å². The first-order valence-corrected chi connectivity index (χ1v) is 8.23. The van der Waals surface area contributed by atoms with Crippen molar-refractivity contribution in [1.29, 1.82) is 0 Å². The third-order valence-electron chi connectivity index (χ3n) is 4.80. The van der Waals surface area contributed by atoms with E-state index in [1.54, 1.807) is 0 Å². The fourth-order valence-electron chi connectivity index (χ4n) is 3.15. The van der Waals surface area contributed by atoms with Gasteiger partial charge in [0.05, 0.1) is 5.69 Å². The Morgan fingerprint density at radius 2 is 2.20 bits per heavy atom. The second kappa shape index (κ2) is 7.79. The van der Waals surface area contributed by atoms with E-state index in [9.17, 15) is 0 Å². The Labute approximate surface area is 123 Å². The van der Waals surface area contributed by atoms with Gasteiger partial charge in [-0.15, -0.1) is 0 Å². The van der Waals surface area contributed by atoms with E-state index in [4.69, 9.17) is 5.84 Å². The molecule has 1 aromatic heterocycles. The van der Waals surface area contributed by atoms with E-state index in [0.717, 1.165) is 30.9 Å². The lowest BCUT2D eigenvalue weighted by molar-refractivity contribution is 0.402. The molecular weight excluding hydrogens is 248 g/mol. The predicted molar refractivity (Wildman–Crippen MR) is 83.2 cm³/mol. The van der Waals surface area contributed by atoms with Gasteiger partial charge >= 0.3 is 0 Å². The summed E-state index contributed by atoms with van der Waals surface area (Å²) in [6.07, 6.45) is 12.3. The molecule has 4 heteroatoms. The van der Waals surface area contributed by atoms with E-state index < -0.39 is 0 Å². The predicted octanol–water partition coefficient (Wildman–Crippen LogP) is 3.20. The highest BCUT2D eigenvalue weighted by molar-refractivity contribution is 5.02. The summed E-state index contributed by atoms with van der Waals surface area (Å²) in [7, 11) is 0. The van der Waals surface area contributed by atoms with Crippen LogP contribution in [0.1, 0.15) is 70.5 Å². The molecule has 1 heterocycles. The largest absolute Gasteiger partial charge is 0.271 e. The summed E-state index contributed by atoms with van der Waals surface area (Å²) in [6.45, 7) is 4.40.